The number of anilines is 1. The van der Waals surface area contributed by atoms with Crippen LogP contribution in [0.4, 0.5) is 5.69 Å². The van der Waals surface area contributed by atoms with Crippen molar-refractivity contribution < 1.29 is 0 Å². The van der Waals surface area contributed by atoms with Crippen LogP contribution in [0.3, 0.4) is 0 Å². The van der Waals surface area contributed by atoms with Crippen LogP contribution in [-0.4, -0.2) is 0 Å². The Morgan fingerprint density at radius 2 is 1.71 bits per heavy atom. The van der Waals surface area contributed by atoms with E-state index in [9.17, 15) is 0 Å². The highest BCUT2D eigenvalue weighted by Crippen LogP contribution is 2.50. The van der Waals surface area contributed by atoms with Crippen LogP contribution in [0.5, 0.6) is 0 Å². The Bertz CT molecular complexity index is 495. The number of allylic oxidation sites excluding steroid dienone is 2. The predicted octanol–water partition coefficient (Wildman–Crippen LogP) is 3.00. The second-order valence-corrected chi connectivity index (χ2v) is 5.63. The first-order chi connectivity index (χ1) is 8.34. The number of nitrogens with zero attached hydrogens (tertiary/aromatic N) is 1. The summed E-state index contributed by atoms with van der Waals surface area (Å²) in [4.78, 5) is 0. The minimum absolute atomic E-state index is 0.730. The Labute approximate surface area is 102 Å². The maximum atomic E-state index is 6.36. The molecule has 0 aromatic heterocycles. The third kappa shape index (κ3) is 1.25. The standard InChI is InChI=1S/C15H18N2/c16-17-14-4-2-1-3-12(14)9-13-10-5-7-11(8-6-10)15(13)17/h1-4,10-11H,5-9,16H2. The quantitative estimate of drug-likeness (QED) is 0.689. The van der Waals surface area contributed by atoms with E-state index < -0.39 is 0 Å². The van der Waals surface area contributed by atoms with E-state index in [1.54, 1.807) is 5.57 Å². The van der Waals surface area contributed by atoms with E-state index in [4.69, 9.17) is 5.84 Å². The topological polar surface area (TPSA) is 29.3 Å². The Balaban J connectivity index is 1.87. The highest BCUT2D eigenvalue weighted by molar-refractivity contribution is 5.63. The van der Waals surface area contributed by atoms with Crippen molar-refractivity contribution in [2.24, 2.45) is 17.7 Å². The van der Waals surface area contributed by atoms with Gasteiger partial charge in [0.1, 0.15) is 0 Å². The Morgan fingerprint density at radius 1 is 1.00 bits per heavy atom. The van der Waals surface area contributed by atoms with Gasteiger partial charge in [-0.1, -0.05) is 18.2 Å². The van der Waals surface area contributed by atoms with Crippen molar-refractivity contribution in [1.29, 1.82) is 0 Å². The molecule has 0 atom stereocenters. The van der Waals surface area contributed by atoms with Gasteiger partial charge < -0.3 is 0 Å². The largest absolute Gasteiger partial charge is 0.283 e. The van der Waals surface area contributed by atoms with Crippen molar-refractivity contribution >= 4 is 5.69 Å². The van der Waals surface area contributed by atoms with Crippen molar-refractivity contribution in [3.8, 4) is 0 Å². The zero-order valence-corrected chi connectivity index (χ0v) is 10.0. The lowest BCUT2D eigenvalue weighted by molar-refractivity contribution is 0.282. The number of para-hydroxylation sites is 1. The molecule has 1 heterocycles. The lowest BCUT2D eigenvalue weighted by Gasteiger charge is -2.46. The number of hydrazine groups is 1. The fourth-order valence-corrected chi connectivity index (χ4v) is 4.00. The van der Waals surface area contributed by atoms with Crippen molar-refractivity contribution in [2.75, 3.05) is 5.01 Å². The lowest BCUT2D eigenvalue weighted by Crippen LogP contribution is -2.43. The van der Waals surface area contributed by atoms with Crippen LogP contribution >= 0.6 is 0 Å². The molecule has 3 aliphatic carbocycles. The molecule has 1 fully saturated rings. The van der Waals surface area contributed by atoms with Crippen molar-refractivity contribution in [2.45, 2.75) is 32.1 Å². The van der Waals surface area contributed by atoms with Gasteiger partial charge in [0.15, 0.2) is 0 Å². The van der Waals surface area contributed by atoms with Gasteiger partial charge >= 0.3 is 0 Å². The number of hydrogen-bond donors (Lipinski definition) is 1. The number of fused-ring (bicyclic) bond motifs is 3. The SMILES string of the molecule is NN1C2=C(Cc3ccccc31)C1CCC2CC1. The van der Waals surface area contributed by atoms with Gasteiger partial charge in [-0.15, -0.1) is 0 Å². The molecule has 2 heteroatoms. The maximum absolute atomic E-state index is 6.36. The Morgan fingerprint density at radius 3 is 2.53 bits per heavy atom. The molecule has 2 nitrogen and oxygen atoms in total. The summed E-state index contributed by atoms with van der Waals surface area (Å²) in [6.07, 6.45) is 6.61. The van der Waals surface area contributed by atoms with Gasteiger partial charge in [0.2, 0.25) is 0 Å². The fourth-order valence-electron chi connectivity index (χ4n) is 4.00. The summed E-state index contributed by atoms with van der Waals surface area (Å²) >= 11 is 0. The van der Waals surface area contributed by atoms with Gasteiger partial charge in [-0.25, -0.2) is 5.84 Å². The number of rotatable bonds is 0. The second-order valence-electron chi connectivity index (χ2n) is 5.63. The number of hydrogen-bond acceptors (Lipinski definition) is 2. The first kappa shape index (κ1) is 9.72. The van der Waals surface area contributed by atoms with Crippen LogP contribution in [0.15, 0.2) is 35.5 Å². The van der Waals surface area contributed by atoms with Crippen molar-refractivity contribution in [1.82, 2.24) is 0 Å². The second kappa shape index (κ2) is 3.36. The maximum Gasteiger partial charge on any atom is 0.0606 e. The van der Waals surface area contributed by atoms with E-state index in [0.29, 0.717) is 0 Å². The molecular formula is C15H18N2. The van der Waals surface area contributed by atoms with Crippen LogP contribution in [-0.2, 0) is 6.42 Å². The molecule has 5 rings (SSSR count). The zero-order valence-electron chi connectivity index (χ0n) is 10.0. The van der Waals surface area contributed by atoms with Crippen LogP contribution in [0, 0.1) is 11.8 Å². The molecule has 1 aromatic carbocycles. The summed E-state index contributed by atoms with van der Waals surface area (Å²) in [5.41, 5.74) is 5.74. The van der Waals surface area contributed by atoms with Gasteiger partial charge in [0, 0.05) is 11.6 Å². The molecule has 17 heavy (non-hydrogen) atoms. The van der Waals surface area contributed by atoms with Gasteiger partial charge in [0.05, 0.1) is 5.69 Å². The molecule has 1 aromatic rings. The van der Waals surface area contributed by atoms with E-state index in [-0.39, 0.29) is 0 Å². The van der Waals surface area contributed by atoms with Crippen LogP contribution in [0.2, 0.25) is 0 Å². The lowest BCUT2D eigenvalue weighted by atomic mass is 9.66. The average Bonchev–Trinajstić information content (AvgIpc) is 2.40. The van der Waals surface area contributed by atoms with Gasteiger partial charge in [-0.2, -0.15) is 0 Å². The van der Waals surface area contributed by atoms with Crippen LogP contribution in [0.1, 0.15) is 31.2 Å². The predicted molar refractivity (Wildman–Crippen MR) is 69.3 cm³/mol. The first-order valence-electron chi connectivity index (χ1n) is 6.70. The summed E-state index contributed by atoms with van der Waals surface area (Å²) in [6, 6.07) is 8.59. The molecule has 0 spiro atoms. The molecule has 1 aliphatic heterocycles. The van der Waals surface area contributed by atoms with Gasteiger partial charge in [-0.05, 0) is 55.2 Å². The Kier molecular flexibility index (Phi) is 1.92. The smallest absolute Gasteiger partial charge is 0.0606 e. The molecule has 4 aliphatic rings. The van der Waals surface area contributed by atoms with Gasteiger partial charge in [0.25, 0.3) is 0 Å². The van der Waals surface area contributed by atoms with E-state index >= 15 is 0 Å². The molecular weight excluding hydrogens is 208 g/mol. The summed E-state index contributed by atoms with van der Waals surface area (Å²) in [6.45, 7) is 0. The molecule has 0 saturated heterocycles. The summed E-state index contributed by atoms with van der Waals surface area (Å²) in [7, 11) is 0. The minimum Gasteiger partial charge on any atom is -0.283 e. The summed E-state index contributed by atoms with van der Waals surface area (Å²) < 4.78 is 0. The highest BCUT2D eigenvalue weighted by atomic mass is 15.4. The van der Waals surface area contributed by atoms with E-state index in [1.165, 1.54) is 42.6 Å². The third-order valence-electron chi connectivity index (χ3n) is 4.83. The normalized spacial score (nSPS) is 30.3. The molecule has 2 N–H and O–H groups in total. The third-order valence-corrected chi connectivity index (χ3v) is 4.83. The van der Waals surface area contributed by atoms with E-state index in [0.717, 1.165) is 18.3 Å². The van der Waals surface area contributed by atoms with Crippen molar-refractivity contribution in [3.63, 3.8) is 0 Å². The van der Waals surface area contributed by atoms with Gasteiger partial charge in [-0.3, -0.25) is 5.01 Å². The Hall–Kier alpha value is -1.28. The molecule has 0 radical (unpaired) electrons. The fraction of sp³-hybridized carbons (Fsp3) is 0.467. The van der Waals surface area contributed by atoms with Crippen LogP contribution < -0.4 is 10.9 Å². The first-order valence-corrected chi connectivity index (χ1v) is 6.70. The molecule has 0 unspecified atom stereocenters. The summed E-state index contributed by atoms with van der Waals surface area (Å²) in [5, 5.41) is 1.99. The van der Waals surface area contributed by atoms with E-state index in [1.807, 2.05) is 5.01 Å². The molecule has 2 bridgehead atoms. The van der Waals surface area contributed by atoms with Crippen molar-refractivity contribution in [3.05, 3.63) is 41.1 Å². The molecule has 88 valence electrons. The number of benzene rings is 1. The van der Waals surface area contributed by atoms with E-state index in [2.05, 4.69) is 24.3 Å². The molecule has 1 saturated carbocycles. The molecule has 0 amide bonds. The zero-order chi connectivity index (χ0) is 11.4. The summed E-state index contributed by atoms with van der Waals surface area (Å²) in [5.74, 6) is 7.91. The number of nitrogens with two attached hydrogens (primary N) is 1. The average molecular weight is 226 g/mol. The monoisotopic (exact) mass is 226 g/mol. The minimum atomic E-state index is 0.730. The van der Waals surface area contributed by atoms with Crippen LogP contribution in [0.25, 0.3) is 0 Å². The highest BCUT2D eigenvalue weighted by Gasteiger charge is 2.39.